The van der Waals surface area contributed by atoms with Crippen LogP contribution in [-0.4, -0.2) is 17.3 Å². The molecule has 90 valence electrons. The lowest BCUT2D eigenvalue weighted by Crippen LogP contribution is -1.89. The number of ether oxygens (including phenoxy) is 1. The number of benzene rings is 1. The van der Waals surface area contributed by atoms with Crippen LogP contribution < -0.4 is 4.74 Å². The van der Waals surface area contributed by atoms with Crippen LogP contribution in [0.3, 0.4) is 0 Å². The summed E-state index contributed by atoms with van der Waals surface area (Å²) in [6.07, 6.45) is 0. The van der Waals surface area contributed by atoms with Crippen LogP contribution in [0.1, 0.15) is 18.1 Å². The number of methoxy groups -OCH3 is 1. The molecule has 0 aliphatic carbocycles. The van der Waals surface area contributed by atoms with Gasteiger partial charge in [-0.05, 0) is 25.1 Å². The molecule has 1 aromatic carbocycles. The SMILES string of the molecule is COc1ccc(Cl)cc1-c1nc(C(C)Cl)no1. The van der Waals surface area contributed by atoms with Crippen LogP contribution in [0.2, 0.25) is 5.02 Å². The maximum absolute atomic E-state index is 5.92. The van der Waals surface area contributed by atoms with Gasteiger partial charge in [-0.15, -0.1) is 11.6 Å². The summed E-state index contributed by atoms with van der Waals surface area (Å²) in [5.74, 6) is 1.39. The second kappa shape index (κ2) is 4.94. The van der Waals surface area contributed by atoms with Gasteiger partial charge in [-0.2, -0.15) is 4.98 Å². The van der Waals surface area contributed by atoms with Gasteiger partial charge in [-0.25, -0.2) is 0 Å². The topological polar surface area (TPSA) is 48.2 Å². The average molecular weight is 273 g/mol. The van der Waals surface area contributed by atoms with E-state index in [0.717, 1.165) is 0 Å². The van der Waals surface area contributed by atoms with Crippen molar-refractivity contribution in [3.05, 3.63) is 29.0 Å². The Bertz CT molecular complexity index is 526. The molecule has 0 spiro atoms. The average Bonchev–Trinajstić information content (AvgIpc) is 2.78. The molecule has 0 amide bonds. The van der Waals surface area contributed by atoms with E-state index in [0.29, 0.717) is 28.1 Å². The third-order valence-electron chi connectivity index (χ3n) is 2.19. The van der Waals surface area contributed by atoms with E-state index in [1.54, 1.807) is 32.2 Å². The van der Waals surface area contributed by atoms with Gasteiger partial charge in [0.2, 0.25) is 0 Å². The van der Waals surface area contributed by atoms with E-state index in [4.69, 9.17) is 32.5 Å². The Labute approximate surface area is 108 Å². The zero-order valence-corrected chi connectivity index (χ0v) is 10.8. The monoisotopic (exact) mass is 272 g/mol. The molecule has 0 saturated heterocycles. The van der Waals surface area contributed by atoms with E-state index in [1.807, 2.05) is 0 Å². The fraction of sp³-hybridized carbons (Fsp3) is 0.273. The molecule has 0 aliphatic heterocycles. The van der Waals surface area contributed by atoms with Crippen molar-refractivity contribution in [3.8, 4) is 17.2 Å². The summed E-state index contributed by atoms with van der Waals surface area (Å²) in [6.45, 7) is 1.77. The first-order valence-corrected chi connectivity index (χ1v) is 5.75. The molecule has 1 atom stereocenters. The first-order valence-electron chi connectivity index (χ1n) is 4.93. The van der Waals surface area contributed by atoms with Crippen molar-refractivity contribution in [2.75, 3.05) is 7.11 Å². The van der Waals surface area contributed by atoms with Crippen LogP contribution in [0.15, 0.2) is 22.7 Å². The first-order chi connectivity index (χ1) is 8.11. The van der Waals surface area contributed by atoms with Crippen molar-refractivity contribution in [1.82, 2.24) is 10.1 Å². The highest BCUT2D eigenvalue weighted by Gasteiger charge is 2.16. The number of alkyl halides is 1. The zero-order chi connectivity index (χ0) is 12.4. The van der Waals surface area contributed by atoms with Gasteiger partial charge in [-0.3, -0.25) is 0 Å². The highest BCUT2D eigenvalue weighted by molar-refractivity contribution is 6.30. The van der Waals surface area contributed by atoms with Crippen LogP contribution in [0, 0.1) is 0 Å². The number of aromatic nitrogens is 2. The van der Waals surface area contributed by atoms with Crippen LogP contribution in [-0.2, 0) is 0 Å². The van der Waals surface area contributed by atoms with Gasteiger partial charge in [0.15, 0.2) is 5.82 Å². The van der Waals surface area contributed by atoms with E-state index in [2.05, 4.69) is 10.1 Å². The lowest BCUT2D eigenvalue weighted by atomic mass is 10.2. The minimum Gasteiger partial charge on any atom is -0.496 e. The molecule has 2 aromatic rings. The van der Waals surface area contributed by atoms with E-state index in [1.165, 1.54) is 0 Å². The molecule has 2 rings (SSSR count). The third kappa shape index (κ3) is 2.53. The van der Waals surface area contributed by atoms with Gasteiger partial charge in [0, 0.05) is 5.02 Å². The quantitative estimate of drug-likeness (QED) is 0.800. The van der Waals surface area contributed by atoms with Crippen LogP contribution in [0.25, 0.3) is 11.5 Å². The Morgan fingerprint density at radius 2 is 2.18 bits per heavy atom. The van der Waals surface area contributed by atoms with E-state index in [-0.39, 0.29) is 5.38 Å². The zero-order valence-electron chi connectivity index (χ0n) is 9.28. The van der Waals surface area contributed by atoms with E-state index in [9.17, 15) is 0 Å². The molecule has 0 radical (unpaired) electrons. The Morgan fingerprint density at radius 1 is 1.41 bits per heavy atom. The van der Waals surface area contributed by atoms with Crippen LogP contribution >= 0.6 is 23.2 Å². The van der Waals surface area contributed by atoms with Crippen LogP contribution in [0.4, 0.5) is 0 Å². The summed E-state index contributed by atoms with van der Waals surface area (Å²) in [6, 6.07) is 5.17. The normalized spacial score (nSPS) is 12.5. The lowest BCUT2D eigenvalue weighted by Gasteiger charge is -2.04. The molecule has 0 N–H and O–H groups in total. The van der Waals surface area contributed by atoms with E-state index >= 15 is 0 Å². The number of rotatable bonds is 3. The smallest absolute Gasteiger partial charge is 0.261 e. The highest BCUT2D eigenvalue weighted by Crippen LogP contribution is 2.32. The lowest BCUT2D eigenvalue weighted by molar-refractivity contribution is 0.403. The van der Waals surface area contributed by atoms with Gasteiger partial charge in [0.25, 0.3) is 5.89 Å². The fourth-order valence-corrected chi connectivity index (χ4v) is 1.61. The Hall–Kier alpha value is -1.26. The number of hydrogen-bond donors (Lipinski definition) is 0. The Kier molecular flexibility index (Phi) is 3.54. The third-order valence-corrected chi connectivity index (χ3v) is 2.62. The van der Waals surface area contributed by atoms with Crippen LogP contribution in [0.5, 0.6) is 5.75 Å². The molecule has 0 bridgehead atoms. The Morgan fingerprint density at radius 3 is 2.76 bits per heavy atom. The summed E-state index contributed by atoms with van der Waals surface area (Å²) in [4.78, 5) is 4.18. The first kappa shape index (κ1) is 12.2. The molecule has 1 aromatic heterocycles. The molecule has 4 nitrogen and oxygen atoms in total. The van der Waals surface area contributed by atoms with E-state index < -0.39 is 0 Å². The second-order valence-corrected chi connectivity index (χ2v) is 4.51. The van der Waals surface area contributed by atoms with Gasteiger partial charge >= 0.3 is 0 Å². The largest absolute Gasteiger partial charge is 0.496 e. The molecule has 1 heterocycles. The summed E-state index contributed by atoms with van der Waals surface area (Å²) in [7, 11) is 1.56. The predicted molar refractivity (Wildman–Crippen MR) is 65.6 cm³/mol. The van der Waals surface area contributed by atoms with Crippen molar-refractivity contribution in [2.45, 2.75) is 12.3 Å². The predicted octanol–water partition coefficient (Wildman–Crippen LogP) is 3.70. The molecular formula is C11H10Cl2N2O2. The molecular weight excluding hydrogens is 263 g/mol. The molecule has 6 heteroatoms. The number of nitrogens with zero attached hydrogens (tertiary/aromatic N) is 2. The highest BCUT2D eigenvalue weighted by atomic mass is 35.5. The molecule has 0 fully saturated rings. The number of hydrogen-bond acceptors (Lipinski definition) is 4. The molecule has 1 unspecified atom stereocenters. The number of halogens is 2. The standard InChI is InChI=1S/C11H10Cl2N2O2/c1-6(12)10-14-11(17-15-10)8-5-7(13)3-4-9(8)16-2/h3-6H,1-2H3. The fourth-order valence-electron chi connectivity index (χ4n) is 1.35. The molecule has 0 aliphatic rings. The summed E-state index contributed by atoms with van der Waals surface area (Å²) < 4.78 is 10.3. The summed E-state index contributed by atoms with van der Waals surface area (Å²) >= 11 is 11.8. The minimum absolute atomic E-state index is 0.308. The van der Waals surface area contributed by atoms with Crippen molar-refractivity contribution in [2.24, 2.45) is 0 Å². The van der Waals surface area contributed by atoms with Crippen molar-refractivity contribution in [3.63, 3.8) is 0 Å². The molecule has 0 saturated carbocycles. The van der Waals surface area contributed by atoms with Gasteiger partial charge in [0.05, 0.1) is 18.1 Å². The van der Waals surface area contributed by atoms with Crippen molar-refractivity contribution in [1.29, 1.82) is 0 Å². The minimum atomic E-state index is -0.308. The van der Waals surface area contributed by atoms with Gasteiger partial charge in [0.1, 0.15) is 5.75 Å². The maximum Gasteiger partial charge on any atom is 0.261 e. The van der Waals surface area contributed by atoms with Gasteiger partial charge in [-0.1, -0.05) is 16.8 Å². The van der Waals surface area contributed by atoms with Crippen molar-refractivity contribution >= 4 is 23.2 Å². The van der Waals surface area contributed by atoms with Crippen molar-refractivity contribution < 1.29 is 9.26 Å². The molecule has 17 heavy (non-hydrogen) atoms. The summed E-state index contributed by atoms with van der Waals surface area (Å²) in [5, 5.41) is 4.04. The maximum atomic E-state index is 5.92. The Balaban J connectivity index is 2.47. The summed E-state index contributed by atoms with van der Waals surface area (Å²) in [5.41, 5.74) is 0.649. The second-order valence-electron chi connectivity index (χ2n) is 3.42. The van der Waals surface area contributed by atoms with Gasteiger partial charge < -0.3 is 9.26 Å².